The Morgan fingerprint density at radius 1 is 1.19 bits per heavy atom. The summed E-state index contributed by atoms with van der Waals surface area (Å²) in [5.74, 6) is 0.0304. The lowest BCUT2D eigenvalue weighted by molar-refractivity contribution is -0.174. The summed E-state index contributed by atoms with van der Waals surface area (Å²) < 4.78 is 12.0. The molecule has 1 unspecified atom stereocenters. The highest BCUT2D eigenvalue weighted by atomic mass is 16.5. The van der Waals surface area contributed by atoms with Crippen molar-refractivity contribution in [3.63, 3.8) is 0 Å². The minimum atomic E-state index is -0.320. The molecule has 2 aromatic heterocycles. The number of pyridine rings is 1. The van der Waals surface area contributed by atoms with Crippen LogP contribution in [0.3, 0.4) is 0 Å². The van der Waals surface area contributed by atoms with Crippen LogP contribution in [0.1, 0.15) is 40.3 Å². The number of carbonyl (C=O) groups excluding carboxylic acids is 1. The zero-order chi connectivity index (χ0) is 19.0. The number of likely N-dealkylation sites (tertiary alicyclic amines) is 1. The van der Waals surface area contributed by atoms with Crippen LogP contribution < -0.4 is 4.74 Å². The van der Waals surface area contributed by atoms with Crippen LogP contribution in [0.5, 0.6) is 6.01 Å². The molecule has 1 amide bonds. The van der Waals surface area contributed by atoms with Gasteiger partial charge in [0.05, 0.1) is 19.7 Å². The molecule has 2 aliphatic rings. The lowest BCUT2D eigenvalue weighted by Gasteiger charge is -2.52. The first kappa shape index (κ1) is 17.9. The summed E-state index contributed by atoms with van der Waals surface area (Å²) in [4.78, 5) is 27.4. The Balaban J connectivity index is 1.39. The Labute approximate surface area is 158 Å². The van der Waals surface area contributed by atoms with E-state index in [0.717, 1.165) is 29.9 Å². The highest BCUT2D eigenvalue weighted by Gasteiger charge is 2.50. The summed E-state index contributed by atoms with van der Waals surface area (Å²) in [5.41, 5.74) is 2.96. The number of nitrogens with zero attached hydrogens (tertiary/aromatic N) is 4. The summed E-state index contributed by atoms with van der Waals surface area (Å²) in [7, 11) is 0. The minimum absolute atomic E-state index is 0.00298. The van der Waals surface area contributed by atoms with Gasteiger partial charge in [-0.3, -0.25) is 9.78 Å². The Morgan fingerprint density at radius 2 is 1.93 bits per heavy atom. The molecule has 0 aromatic carbocycles. The number of amides is 1. The van der Waals surface area contributed by atoms with Crippen molar-refractivity contribution in [2.75, 3.05) is 19.7 Å². The second-order valence-corrected chi connectivity index (χ2v) is 7.54. The van der Waals surface area contributed by atoms with E-state index in [0.29, 0.717) is 31.3 Å². The second kappa shape index (κ2) is 6.88. The molecular formula is C20H24N4O3. The number of aromatic nitrogens is 3. The van der Waals surface area contributed by atoms with Crippen molar-refractivity contribution >= 4 is 5.91 Å². The first-order valence-electron chi connectivity index (χ1n) is 9.27. The molecular weight excluding hydrogens is 344 g/mol. The van der Waals surface area contributed by atoms with E-state index in [2.05, 4.69) is 15.0 Å². The van der Waals surface area contributed by atoms with E-state index in [1.54, 1.807) is 6.20 Å². The first-order valence-corrected chi connectivity index (χ1v) is 9.27. The molecule has 2 saturated heterocycles. The van der Waals surface area contributed by atoms with Crippen LogP contribution in [0.4, 0.5) is 0 Å². The normalized spacial score (nSPS) is 21.0. The second-order valence-electron chi connectivity index (χ2n) is 7.54. The van der Waals surface area contributed by atoms with Crippen molar-refractivity contribution in [3.05, 3.63) is 47.0 Å². The van der Waals surface area contributed by atoms with Crippen LogP contribution in [0.15, 0.2) is 24.4 Å². The molecule has 4 rings (SSSR count). The molecule has 27 heavy (non-hydrogen) atoms. The average molecular weight is 368 g/mol. The van der Waals surface area contributed by atoms with Gasteiger partial charge in [0.1, 0.15) is 11.7 Å². The number of carbonyl (C=O) groups is 1. The van der Waals surface area contributed by atoms with Gasteiger partial charge in [0.25, 0.3) is 5.91 Å². The molecule has 7 heteroatoms. The summed E-state index contributed by atoms with van der Waals surface area (Å²) in [6.45, 7) is 7.51. The monoisotopic (exact) mass is 368 g/mol. The number of rotatable bonds is 3. The van der Waals surface area contributed by atoms with E-state index < -0.39 is 0 Å². The molecule has 2 fully saturated rings. The molecule has 7 nitrogen and oxygen atoms in total. The van der Waals surface area contributed by atoms with Crippen LogP contribution in [-0.2, 0) is 4.74 Å². The quantitative estimate of drug-likeness (QED) is 0.827. The lowest BCUT2D eigenvalue weighted by atomic mass is 9.84. The predicted molar refractivity (Wildman–Crippen MR) is 98.7 cm³/mol. The van der Waals surface area contributed by atoms with Crippen LogP contribution in [-0.4, -0.2) is 57.2 Å². The van der Waals surface area contributed by atoms with E-state index in [-0.39, 0.29) is 17.6 Å². The molecule has 0 radical (unpaired) electrons. The van der Waals surface area contributed by atoms with Gasteiger partial charge in [-0.05, 0) is 39.0 Å². The Kier molecular flexibility index (Phi) is 4.55. The summed E-state index contributed by atoms with van der Waals surface area (Å²) >= 11 is 0. The van der Waals surface area contributed by atoms with E-state index in [9.17, 15) is 4.79 Å². The third kappa shape index (κ3) is 3.78. The highest BCUT2D eigenvalue weighted by Crippen LogP contribution is 2.36. The molecule has 0 N–H and O–H groups in total. The van der Waals surface area contributed by atoms with E-state index in [1.807, 2.05) is 43.9 Å². The van der Waals surface area contributed by atoms with E-state index >= 15 is 0 Å². The standard InChI is InChI=1S/C20H24N4O3/c1-13-4-6-21-19(23-13)27-17-5-7-26-20(10-17)11-24(12-20)18(25)16-8-14(2)22-15(3)9-16/h4,6,8-9,17H,5,7,10-12H2,1-3H3. The minimum Gasteiger partial charge on any atom is -0.460 e. The molecule has 0 saturated carbocycles. The number of hydrogen-bond acceptors (Lipinski definition) is 6. The van der Waals surface area contributed by atoms with Crippen LogP contribution >= 0.6 is 0 Å². The van der Waals surface area contributed by atoms with Crippen molar-refractivity contribution in [2.45, 2.75) is 45.3 Å². The Bertz CT molecular complexity index is 844. The number of ether oxygens (including phenoxy) is 2. The fraction of sp³-hybridized carbons (Fsp3) is 0.500. The van der Waals surface area contributed by atoms with Crippen LogP contribution in [0.2, 0.25) is 0 Å². The van der Waals surface area contributed by atoms with Gasteiger partial charge in [-0.2, -0.15) is 0 Å². The topological polar surface area (TPSA) is 77.4 Å². The molecule has 0 bridgehead atoms. The largest absolute Gasteiger partial charge is 0.460 e. The summed E-state index contributed by atoms with van der Waals surface area (Å²) in [6.07, 6.45) is 3.25. The molecule has 1 spiro atoms. The predicted octanol–water partition coefficient (Wildman–Crippen LogP) is 2.25. The van der Waals surface area contributed by atoms with Gasteiger partial charge >= 0.3 is 6.01 Å². The Morgan fingerprint density at radius 3 is 2.63 bits per heavy atom. The van der Waals surface area contributed by atoms with Crippen molar-refractivity contribution in [1.29, 1.82) is 0 Å². The third-order valence-corrected chi connectivity index (χ3v) is 5.07. The molecule has 2 aliphatic heterocycles. The summed E-state index contributed by atoms with van der Waals surface area (Å²) in [5, 5.41) is 0. The number of aryl methyl sites for hydroxylation is 3. The zero-order valence-electron chi connectivity index (χ0n) is 15.9. The van der Waals surface area contributed by atoms with Crippen molar-refractivity contribution in [1.82, 2.24) is 19.9 Å². The first-order chi connectivity index (χ1) is 12.9. The van der Waals surface area contributed by atoms with Gasteiger partial charge in [0.2, 0.25) is 0 Å². The fourth-order valence-electron chi connectivity index (χ4n) is 3.87. The van der Waals surface area contributed by atoms with Gasteiger partial charge in [-0.1, -0.05) is 0 Å². The molecule has 4 heterocycles. The van der Waals surface area contributed by atoms with Crippen molar-refractivity contribution in [3.8, 4) is 6.01 Å². The maximum absolute atomic E-state index is 12.8. The average Bonchev–Trinajstić information content (AvgIpc) is 2.58. The molecule has 1 atom stereocenters. The van der Waals surface area contributed by atoms with Gasteiger partial charge < -0.3 is 14.4 Å². The van der Waals surface area contributed by atoms with Gasteiger partial charge in [0, 0.05) is 41.7 Å². The fourth-order valence-corrected chi connectivity index (χ4v) is 3.87. The van der Waals surface area contributed by atoms with Crippen molar-refractivity contribution < 1.29 is 14.3 Å². The molecule has 0 aliphatic carbocycles. The third-order valence-electron chi connectivity index (χ3n) is 5.07. The van der Waals surface area contributed by atoms with E-state index in [4.69, 9.17) is 9.47 Å². The highest BCUT2D eigenvalue weighted by molar-refractivity contribution is 5.95. The SMILES string of the molecule is Cc1cc(C(=O)N2CC3(CC(Oc4nccc(C)n4)CCO3)C2)cc(C)n1. The Hall–Kier alpha value is -2.54. The van der Waals surface area contributed by atoms with Crippen LogP contribution in [0, 0.1) is 20.8 Å². The maximum atomic E-state index is 12.8. The molecule has 142 valence electrons. The lowest BCUT2D eigenvalue weighted by Crippen LogP contribution is -2.67. The van der Waals surface area contributed by atoms with E-state index in [1.165, 1.54) is 0 Å². The smallest absolute Gasteiger partial charge is 0.316 e. The van der Waals surface area contributed by atoms with Crippen molar-refractivity contribution in [2.24, 2.45) is 0 Å². The number of hydrogen-bond donors (Lipinski definition) is 0. The van der Waals surface area contributed by atoms with Gasteiger partial charge in [0.15, 0.2) is 0 Å². The zero-order valence-corrected chi connectivity index (χ0v) is 15.9. The van der Waals surface area contributed by atoms with Crippen LogP contribution in [0.25, 0.3) is 0 Å². The maximum Gasteiger partial charge on any atom is 0.316 e. The van der Waals surface area contributed by atoms with Gasteiger partial charge in [-0.15, -0.1) is 0 Å². The van der Waals surface area contributed by atoms with Gasteiger partial charge in [-0.25, -0.2) is 9.97 Å². The molecule has 2 aromatic rings. The summed E-state index contributed by atoms with van der Waals surface area (Å²) in [6, 6.07) is 5.93.